The Morgan fingerprint density at radius 1 is 1.75 bits per heavy atom. The highest BCUT2D eigenvalue weighted by molar-refractivity contribution is 5.66. The van der Waals surface area contributed by atoms with Crippen LogP contribution in [0.15, 0.2) is 0 Å². The van der Waals surface area contributed by atoms with Crippen LogP contribution < -0.4 is 0 Å². The van der Waals surface area contributed by atoms with Crippen LogP contribution in [-0.4, -0.2) is 39.9 Å². The Labute approximate surface area is 69.8 Å². The maximum absolute atomic E-state index is 10.5. The first-order chi connectivity index (χ1) is 5.65. The summed E-state index contributed by atoms with van der Waals surface area (Å²) in [4.78, 5) is 11.7. The van der Waals surface area contributed by atoms with Gasteiger partial charge in [0.05, 0.1) is 31.2 Å². The number of hydrogen-bond donors (Lipinski definition) is 2. The molecule has 0 radical (unpaired) electrons. The van der Waals surface area contributed by atoms with Crippen molar-refractivity contribution in [2.75, 3.05) is 6.54 Å². The van der Waals surface area contributed by atoms with Crippen LogP contribution in [0.3, 0.4) is 0 Å². The molecule has 0 bridgehead atoms. The van der Waals surface area contributed by atoms with E-state index in [0.717, 1.165) is 4.90 Å². The molecule has 12 heavy (non-hydrogen) atoms. The van der Waals surface area contributed by atoms with Crippen LogP contribution in [0.2, 0.25) is 0 Å². The average molecular weight is 170 g/mol. The summed E-state index contributed by atoms with van der Waals surface area (Å²) < 4.78 is 0. The van der Waals surface area contributed by atoms with Crippen LogP contribution in [0.4, 0.5) is 4.79 Å². The van der Waals surface area contributed by atoms with Gasteiger partial charge in [0.2, 0.25) is 0 Å². The number of rotatable bonds is 1. The Morgan fingerprint density at radius 3 is 2.92 bits per heavy atom. The molecular formula is C7H10N2O3. The number of likely N-dealkylation sites (tertiary alicyclic amines) is 1. The van der Waals surface area contributed by atoms with Crippen LogP contribution in [-0.2, 0) is 0 Å². The molecule has 5 nitrogen and oxygen atoms in total. The lowest BCUT2D eigenvalue weighted by atomic mass is 10.1. The smallest absolute Gasteiger partial charge is 0.407 e. The van der Waals surface area contributed by atoms with Gasteiger partial charge in [0.1, 0.15) is 0 Å². The minimum absolute atomic E-state index is 0.127. The number of amides is 1. The number of nitriles is 1. The first-order valence-electron chi connectivity index (χ1n) is 3.69. The SMILES string of the molecule is N#CC[C@H]1C[C@H](O)CN1C(=O)O. The van der Waals surface area contributed by atoms with E-state index in [4.69, 9.17) is 15.5 Å². The fourth-order valence-corrected chi connectivity index (χ4v) is 1.43. The summed E-state index contributed by atoms with van der Waals surface area (Å²) in [6.45, 7) is 0.127. The highest BCUT2D eigenvalue weighted by Gasteiger charge is 2.33. The van der Waals surface area contributed by atoms with Crippen molar-refractivity contribution >= 4 is 6.09 Å². The number of carbonyl (C=O) groups is 1. The third kappa shape index (κ3) is 1.66. The summed E-state index contributed by atoms with van der Waals surface area (Å²) in [7, 11) is 0. The molecule has 1 fully saturated rings. The lowest BCUT2D eigenvalue weighted by molar-refractivity contribution is 0.131. The van der Waals surface area contributed by atoms with Gasteiger partial charge in [-0.2, -0.15) is 5.26 Å². The number of carboxylic acid groups (broad SMARTS) is 1. The minimum Gasteiger partial charge on any atom is -0.465 e. The normalized spacial score (nSPS) is 28.5. The lowest BCUT2D eigenvalue weighted by Crippen LogP contribution is -2.34. The monoisotopic (exact) mass is 170 g/mol. The largest absolute Gasteiger partial charge is 0.465 e. The van der Waals surface area contributed by atoms with Gasteiger partial charge in [0, 0.05) is 0 Å². The van der Waals surface area contributed by atoms with E-state index in [9.17, 15) is 4.79 Å². The number of aliphatic hydroxyl groups is 1. The molecule has 2 N–H and O–H groups in total. The maximum Gasteiger partial charge on any atom is 0.407 e. The average Bonchev–Trinajstić information content (AvgIpc) is 2.32. The van der Waals surface area contributed by atoms with Crippen molar-refractivity contribution in [3.05, 3.63) is 0 Å². The predicted octanol–water partition coefficient (Wildman–Crippen LogP) is 0.0133. The van der Waals surface area contributed by atoms with Crippen LogP contribution in [0.5, 0.6) is 0 Å². The molecule has 0 aromatic heterocycles. The quantitative estimate of drug-likeness (QED) is 0.580. The summed E-state index contributed by atoms with van der Waals surface area (Å²) in [5.41, 5.74) is 0. The summed E-state index contributed by atoms with van der Waals surface area (Å²) in [6, 6.07) is 1.57. The Kier molecular flexibility index (Phi) is 2.51. The fourth-order valence-electron chi connectivity index (χ4n) is 1.43. The van der Waals surface area contributed by atoms with Gasteiger partial charge in [-0.15, -0.1) is 0 Å². The van der Waals surface area contributed by atoms with Crippen LogP contribution in [0, 0.1) is 11.3 Å². The Morgan fingerprint density at radius 2 is 2.42 bits per heavy atom. The Hall–Kier alpha value is -1.28. The van der Waals surface area contributed by atoms with Crippen LogP contribution in [0.1, 0.15) is 12.8 Å². The Bertz CT molecular complexity index is 223. The minimum atomic E-state index is -1.06. The van der Waals surface area contributed by atoms with Gasteiger partial charge in [-0.1, -0.05) is 0 Å². The van der Waals surface area contributed by atoms with Gasteiger partial charge in [0.25, 0.3) is 0 Å². The molecule has 1 amide bonds. The van der Waals surface area contributed by atoms with Crippen molar-refractivity contribution in [2.45, 2.75) is 25.0 Å². The number of aliphatic hydroxyl groups excluding tert-OH is 1. The van der Waals surface area contributed by atoms with Crippen molar-refractivity contribution in [1.82, 2.24) is 4.90 Å². The van der Waals surface area contributed by atoms with Crippen LogP contribution >= 0.6 is 0 Å². The first kappa shape index (κ1) is 8.81. The van der Waals surface area contributed by atoms with Gasteiger partial charge >= 0.3 is 6.09 Å². The summed E-state index contributed by atoms with van der Waals surface area (Å²) in [5, 5.41) is 26.1. The van der Waals surface area contributed by atoms with E-state index < -0.39 is 12.2 Å². The number of hydrogen-bond acceptors (Lipinski definition) is 3. The zero-order chi connectivity index (χ0) is 9.14. The van der Waals surface area contributed by atoms with Gasteiger partial charge < -0.3 is 15.1 Å². The first-order valence-corrected chi connectivity index (χ1v) is 3.69. The second-order valence-electron chi connectivity index (χ2n) is 2.84. The van der Waals surface area contributed by atoms with E-state index in [-0.39, 0.29) is 19.0 Å². The third-order valence-corrected chi connectivity index (χ3v) is 1.96. The van der Waals surface area contributed by atoms with Gasteiger partial charge in [0.15, 0.2) is 0 Å². The summed E-state index contributed by atoms with van der Waals surface area (Å²) in [5.74, 6) is 0. The van der Waals surface area contributed by atoms with E-state index in [1.165, 1.54) is 0 Å². The topological polar surface area (TPSA) is 84.6 Å². The van der Waals surface area contributed by atoms with Crippen molar-refractivity contribution in [2.24, 2.45) is 0 Å². The third-order valence-electron chi connectivity index (χ3n) is 1.96. The molecule has 0 spiro atoms. The van der Waals surface area contributed by atoms with Crippen LogP contribution in [0.25, 0.3) is 0 Å². The molecule has 2 atom stereocenters. The summed E-state index contributed by atoms with van der Waals surface area (Å²) >= 11 is 0. The molecule has 0 saturated carbocycles. The van der Waals surface area contributed by atoms with Crippen molar-refractivity contribution in [3.8, 4) is 6.07 Å². The molecule has 0 aromatic carbocycles. The molecule has 0 unspecified atom stereocenters. The highest BCUT2D eigenvalue weighted by atomic mass is 16.4. The van der Waals surface area contributed by atoms with Gasteiger partial charge in [-0.05, 0) is 6.42 Å². The van der Waals surface area contributed by atoms with E-state index in [0.29, 0.717) is 6.42 Å². The van der Waals surface area contributed by atoms with Gasteiger partial charge in [-0.25, -0.2) is 4.79 Å². The molecule has 66 valence electrons. The maximum atomic E-state index is 10.5. The van der Waals surface area contributed by atoms with Crippen molar-refractivity contribution in [3.63, 3.8) is 0 Å². The standard InChI is InChI=1S/C7H10N2O3/c8-2-1-5-3-6(10)4-9(5)7(11)12/h5-6,10H,1,3-4H2,(H,11,12)/t5-,6-/m0/s1. The molecular weight excluding hydrogens is 160 g/mol. The molecule has 0 aromatic rings. The lowest BCUT2D eigenvalue weighted by Gasteiger charge is -2.17. The molecule has 0 aliphatic carbocycles. The van der Waals surface area contributed by atoms with E-state index >= 15 is 0 Å². The summed E-state index contributed by atoms with van der Waals surface area (Å²) in [6.07, 6.45) is -1.14. The zero-order valence-corrected chi connectivity index (χ0v) is 6.47. The van der Waals surface area contributed by atoms with Gasteiger partial charge in [-0.3, -0.25) is 0 Å². The number of β-amino-alcohol motifs (C(OH)–C–C–N with tert-alkyl or cyclic N) is 1. The van der Waals surface area contributed by atoms with E-state index in [1.807, 2.05) is 6.07 Å². The molecule has 1 aliphatic heterocycles. The molecule has 5 heteroatoms. The molecule has 1 saturated heterocycles. The highest BCUT2D eigenvalue weighted by Crippen LogP contribution is 2.19. The Balaban J connectivity index is 2.60. The number of nitrogens with zero attached hydrogens (tertiary/aromatic N) is 2. The van der Waals surface area contributed by atoms with E-state index in [1.54, 1.807) is 0 Å². The van der Waals surface area contributed by atoms with Crippen molar-refractivity contribution < 1.29 is 15.0 Å². The van der Waals surface area contributed by atoms with Crippen molar-refractivity contribution in [1.29, 1.82) is 5.26 Å². The second-order valence-corrected chi connectivity index (χ2v) is 2.84. The fraction of sp³-hybridized carbons (Fsp3) is 0.714. The zero-order valence-electron chi connectivity index (χ0n) is 6.47. The van der Waals surface area contributed by atoms with E-state index in [2.05, 4.69) is 0 Å². The second kappa shape index (κ2) is 3.41. The molecule has 1 rings (SSSR count). The molecule has 1 aliphatic rings. The predicted molar refractivity (Wildman–Crippen MR) is 39.4 cm³/mol. The molecule has 1 heterocycles.